The van der Waals surface area contributed by atoms with Gasteiger partial charge in [-0.25, -0.2) is 0 Å². The molecule has 0 amide bonds. The van der Waals surface area contributed by atoms with Gasteiger partial charge in [-0.3, -0.25) is 9.59 Å². The van der Waals surface area contributed by atoms with E-state index in [2.05, 4.69) is 0 Å². The van der Waals surface area contributed by atoms with Crippen LogP contribution >= 0.6 is 0 Å². The topological polar surface area (TPSA) is 63.6 Å². The van der Waals surface area contributed by atoms with E-state index in [-0.39, 0.29) is 0 Å². The number of carboxylic acid groups (broad SMARTS) is 1. The normalized spacial score (nSPS) is 19.1. The number of carbonyl (C=O) groups is 2. The first-order chi connectivity index (χ1) is 6.38. The molecule has 0 bridgehead atoms. The highest BCUT2D eigenvalue weighted by Gasteiger charge is 2.50. The molecular weight excluding hydrogens is 184 g/mol. The minimum atomic E-state index is -1.04. The number of carboxylic acids is 1. The Bertz CT molecular complexity index is 226. The maximum atomic E-state index is 11.1. The first-order valence-electron chi connectivity index (χ1n) is 4.72. The molecule has 0 radical (unpaired) electrons. The van der Waals surface area contributed by atoms with Crippen LogP contribution in [0.2, 0.25) is 0 Å². The van der Waals surface area contributed by atoms with Crippen molar-refractivity contribution >= 4 is 12.4 Å². The van der Waals surface area contributed by atoms with Gasteiger partial charge < -0.3 is 9.84 Å². The third kappa shape index (κ3) is 1.89. The van der Waals surface area contributed by atoms with Gasteiger partial charge in [-0.1, -0.05) is 13.8 Å². The van der Waals surface area contributed by atoms with Crippen molar-refractivity contribution in [1.82, 2.24) is 0 Å². The van der Waals surface area contributed by atoms with Gasteiger partial charge in [0.1, 0.15) is 11.0 Å². The molecule has 0 aromatic heterocycles. The van der Waals surface area contributed by atoms with Gasteiger partial charge in [0.15, 0.2) is 0 Å². The zero-order chi connectivity index (χ0) is 11.4. The summed E-state index contributed by atoms with van der Waals surface area (Å²) in [5.74, 6) is -0.939. The molecule has 0 rings (SSSR count). The van der Waals surface area contributed by atoms with E-state index in [1.807, 2.05) is 0 Å². The summed E-state index contributed by atoms with van der Waals surface area (Å²) in [7, 11) is 0. The lowest BCUT2D eigenvalue weighted by molar-refractivity contribution is -0.177. The van der Waals surface area contributed by atoms with Crippen LogP contribution in [0.3, 0.4) is 0 Å². The Morgan fingerprint density at radius 1 is 1.36 bits per heavy atom. The number of aliphatic carboxylic acids is 1. The van der Waals surface area contributed by atoms with E-state index in [0.717, 1.165) is 0 Å². The van der Waals surface area contributed by atoms with Gasteiger partial charge in [0.05, 0.1) is 0 Å². The summed E-state index contributed by atoms with van der Waals surface area (Å²) in [6.45, 7) is 7.15. The van der Waals surface area contributed by atoms with Crippen LogP contribution in [0.1, 0.15) is 40.5 Å². The van der Waals surface area contributed by atoms with Crippen LogP contribution < -0.4 is 0 Å². The Kier molecular flexibility index (Phi) is 4.10. The summed E-state index contributed by atoms with van der Waals surface area (Å²) in [4.78, 5) is 21.5. The van der Waals surface area contributed by atoms with Gasteiger partial charge in [-0.2, -0.15) is 0 Å². The van der Waals surface area contributed by atoms with E-state index >= 15 is 0 Å². The van der Waals surface area contributed by atoms with Crippen LogP contribution in [-0.4, -0.2) is 23.1 Å². The summed E-state index contributed by atoms with van der Waals surface area (Å²) in [6, 6.07) is 0. The molecule has 14 heavy (non-hydrogen) atoms. The molecule has 0 heterocycles. The van der Waals surface area contributed by atoms with Crippen LogP contribution in [0.15, 0.2) is 0 Å². The monoisotopic (exact) mass is 202 g/mol. The fourth-order valence-electron chi connectivity index (χ4n) is 1.46. The highest BCUT2D eigenvalue weighted by Crippen LogP contribution is 2.39. The van der Waals surface area contributed by atoms with Crippen molar-refractivity contribution < 1.29 is 19.4 Å². The Morgan fingerprint density at radius 2 is 1.86 bits per heavy atom. The van der Waals surface area contributed by atoms with Gasteiger partial charge in [0.25, 0.3) is 6.47 Å². The minimum absolute atomic E-state index is 0.320. The molecule has 0 aromatic carbocycles. The van der Waals surface area contributed by atoms with Crippen molar-refractivity contribution in [2.75, 3.05) is 0 Å². The fraction of sp³-hybridized carbons (Fsp3) is 0.800. The average Bonchev–Trinajstić information content (AvgIpc) is 2.16. The molecular formula is C10H18O4. The van der Waals surface area contributed by atoms with Gasteiger partial charge >= 0.3 is 5.97 Å². The first kappa shape index (κ1) is 12.9. The number of carbonyl (C=O) groups excluding carboxylic acids is 1. The summed E-state index contributed by atoms with van der Waals surface area (Å²) < 4.78 is 4.93. The molecule has 1 N–H and O–H groups in total. The Balaban J connectivity index is 5.13. The van der Waals surface area contributed by atoms with E-state index in [9.17, 15) is 9.59 Å². The second-order valence-electron chi connectivity index (χ2n) is 3.79. The van der Waals surface area contributed by atoms with Gasteiger partial charge in [-0.05, 0) is 26.7 Å². The Morgan fingerprint density at radius 3 is 2.07 bits per heavy atom. The molecule has 0 aliphatic carbocycles. The van der Waals surface area contributed by atoms with Crippen LogP contribution in [0, 0.1) is 5.41 Å². The van der Waals surface area contributed by atoms with Crippen LogP contribution in [0.4, 0.5) is 0 Å². The van der Waals surface area contributed by atoms with E-state index in [4.69, 9.17) is 9.84 Å². The summed E-state index contributed by atoms with van der Waals surface area (Å²) in [6.07, 6.45) is 0.892. The lowest BCUT2D eigenvalue weighted by Gasteiger charge is -2.40. The molecule has 0 fully saturated rings. The van der Waals surface area contributed by atoms with Gasteiger partial charge in [0, 0.05) is 0 Å². The third-order valence-electron chi connectivity index (χ3n) is 3.33. The zero-order valence-electron chi connectivity index (χ0n) is 9.16. The quantitative estimate of drug-likeness (QED) is 0.667. The fourth-order valence-corrected chi connectivity index (χ4v) is 1.46. The molecule has 2 atom stereocenters. The molecule has 4 heteroatoms. The summed E-state index contributed by atoms with van der Waals surface area (Å²) >= 11 is 0. The SMILES string of the molecule is CCC(C)(OC=O)C(C)(CC)C(=O)O. The molecule has 4 nitrogen and oxygen atoms in total. The van der Waals surface area contributed by atoms with E-state index in [1.54, 1.807) is 27.7 Å². The molecule has 0 aromatic rings. The van der Waals surface area contributed by atoms with Gasteiger partial charge in [-0.15, -0.1) is 0 Å². The van der Waals surface area contributed by atoms with Gasteiger partial charge in [0.2, 0.25) is 0 Å². The van der Waals surface area contributed by atoms with Crippen LogP contribution in [0.5, 0.6) is 0 Å². The predicted molar refractivity (Wildman–Crippen MR) is 51.9 cm³/mol. The molecule has 0 saturated heterocycles. The predicted octanol–water partition coefficient (Wildman–Crippen LogP) is 1.83. The number of rotatable bonds is 6. The van der Waals surface area contributed by atoms with E-state index in [1.165, 1.54) is 0 Å². The molecule has 0 saturated carbocycles. The van der Waals surface area contributed by atoms with E-state index < -0.39 is 17.0 Å². The maximum Gasteiger partial charge on any atom is 0.313 e. The lowest BCUT2D eigenvalue weighted by Crippen LogP contribution is -2.50. The Labute approximate surface area is 84.3 Å². The highest BCUT2D eigenvalue weighted by molar-refractivity contribution is 5.76. The van der Waals surface area contributed by atoms with Crippen molar-refractivity contribution in [3.05, 3.63) is 0 Å². The molecule has 82 valence electrons. The van der Waals surface area contributed by atoms with Crippen molar-refractivity contribution in [3.8, 4) is 0 Å². The zero-order valence-corrected chi connectivity index (χ0v) is 9.16. The summed E-state index contributed by atoms with van der Waals surface area (Å²) in [5.41, 5.74) is -1.99. The second-order valence-corrected chi connectivity index (χ2v) is 3.79. The van der Waals surface area contributed by atoms with Crippen molar-refractivity contribution in [2.45, 2.75) is 46.1 Å². The number of hydrogen-bond donors (Lipinski definition) is 1. The van der Waals surface area contributed by atoms with Crippen LogP contribution in [0.25, 0.3) is 0 Å². The first-order valence-corrected chi connectivity index (χ1v) is 4.72. The largest absolute Gasteiger partial charge is 0.481 e. The molecule has 0 aliphatic rings. The number of hydrogen-bond acceptors (Lipinski definition) is 3. The molecule has 0 spiro atoms. The maximum absolute atomic E-state index is 11.1. The summed E-state index contributed by atoms with van der Waals surface area (Å²) in [5, 5.41) is 9.13. The van der Waals surface area contributed by atoms with E-state index in [0.29, 0.717) is 19.3 Å². The second kappa shape index (κ2) is 4.44. The third-order valence-corrected chi connectivity index (χ3v) is 3.33. The van der Waals surface area contributed by atoms with Crippen molar-refractivity contribution in [2.24, 2.45) is 5.41 Å². The minimum Gasteiger partial charge on any atom is -0.481 e. The highest BCUT2D eigenvalue weighted by atomic mass is 16.5. The van der Waals surface area contributed by atoms with Crippen molar-refractivity contribution in [3.63, 3.8) is 0 Å². The standard InChI is InChI=1S/C10H18O4/c1-5-9(3,8(12)13)10(4,6-2)14-7-11/h7H,5-6H2,1-4H3,(H,12,13). The molecule has 2 unspecified atom stereocenters. The molecule has 0 aliphatic heterocycles. The van der Waals surface area contributed by atoms with Crippen LogP contribution in [-0.2, 0) is 14.3 Å². The number of ether oxygens (including phenoxy) is 1. The average molecular weight is 202 g/mol. The smallest absolute Gasteiger partial charge is 0.313 e. The lowest BCUT2D eigenvalue weighted by atomic mass is 9.71. The Hall–Kier alpha value is -1.06. The van der Waals surface area contributed by atoms with Crippen molar-refractivity contribution in [1.29, 1.82) is 0 Å².